The fourth-order valence-electron chi connectivity index (χ4n) is 3.50. The molecule has 0 bridgehead atoms. The van der Waals surface area contributed by atoms with Crippen molar-refractivity contribution >= 4 is 40.5 Å². The first-order valence-corrected chi connectivity index (χ1v) is 11.3. The van der Waals surface area contributed by atoms with Gasteiger partial charge < -0.3 is 9.47 Å². The van der Waals surface area contributed by atoms with Gasteiger partial charge in [0, 0.05) is 36.1 Å². The van der Waals surface area contributed by atoms with E-state index in [0.29, 0.717) is 12.1 Å². The van der Waals surface area contributed by atoms with Crippen LogP contribution in [0.25, 0.3) is 0 Å². The highest BCUT2D eigenvalue weighted by molar-refractivity contribution is 8.00. The Morgan fingerprint density at radius 2 is 2.17 bits per heavy atom. The summed E-state index contributed by atoms with van der Waals surface area (Å²) >= 11 is 3.17. The number of carbonyl (C=O) groups is 2. The summed E-state index contributed by atoms with van der Waals surface area (Å²) in [6.07, 6.45) is 3.43. The molecule has 3 aromatic rings. The van der Waals surface area contributed by atoms with E-state index in [-0.39, 0.29) is 16.9 Å². The Morgan fingerprint density at radius 1 is 1.31 bits per heavy atom. The quantitative estimate of drug-likeness (QED) is 0.424. The largest absolute Gasteiger partial charge is 0.312 e. The second-order valence-electron chi connectivity index (χ2n) is 7.02. The van der Waals surface area contributed by atoms with E-state index in [9.17, 15) is 9.59 Å². The van der Waals surface area contributed by atoms with Gasteiger partial charge in [-0.15, -0.1) is 21.5 Å². The maximum Gasteiger partial charge on any atom is 0.223 e. The van der Waals surface area contributed by atoms with E-state index in [1.165, 1.54) is 16.6 Å². The first-order chi connectivity index (χ1) is 14.0. The predicted octanol–water partition coefficient (Wildman–Crippen LogP) is 3.85. The maximum absolute atomic E-state index is 13.0. The van der Waals surface area contributed by atoms with Crippen LogP contribution in [0.1, 0.15) is 34.6 Å². The molecule has 1 amide bonds. The van der Waals surface area contributed by atoms with Crippen LogP contribution in [-0.2, 0) is 24.2 Å². The first kappa shape index (κ1) is 19.8. The minimum Gasteiger partial charge on any atom is -0.312 e. The van der Waals surface area contributed by atoms with Gasteiger partial charge in [-0.2, -0.15) is 0 Å². The van der Waals surface area contributed by atoms with Gasteiger partial charge in [-0.3, -0.25) is 9.59 Å². The van der Waals surface area contributed by atoms with Gasteiger partial charge in [-0.1, -0.05) is 17.8 Å². The van der Waals surface area contributed by atoms with Crippen molar-refractivity contribution in [3.05, 3.63) is 58.0 Å². The number of benzene rings is 1. The molecule has 6 nitrogen and oxygen atoms in total. The van der Waals surface area contributed by atoms with Gasteiger partial charge in [-0.05, 0) is 55.0 Å². The summed E-state index contributed by atoms with van der Waals surface area (Å²) in [5.74, 6) is 0.0977. The number of amides is 1. The van der Waals surface area contributed by atoms with Gasteiger partial charge in [0.1, 0.15) is 6.33 Å². The third-order valence-corrected chi connectivity index (χ3v) is 7.08. The van der Waals surface area contributed by atoms with E-state index in [1.54, 1.807) is 29.5 Å². The fourth-order valence-corrected chi connectivity index (χ4v) is 5.13. The van der Waals surface area contributed by atoms with Crippen molar-refractivity contribution in [3.8, 4) is 0 Å². The van der Waals surface area contributed by atoms with E-state index in [2.05, 4.69) is 27.7 Å². The summed E-state index contributed by atoms with van der Waals surface area (Å²) in [5, 5.41) is 10.8. The second-order valence-corrected chi connectivity index (χ2v) is 9.36. The normalized spacial score (nSPS) is 14.1. The van der Waals surface area contributed by atoms with Crippen LogP contribution >= 0.6 is 23.1 Å². The third-order valence-electron chi connectivity index (χ3n) is 5.05. The van der Waals surface area contributed by atoms with E-state index < -0.39 is 0 Å². The molecule has 150 valence electrons. The van der Waals surface area contributed by atoms with Crippen LogP contribution in [0, 0.1) is 0 Å². The molecule has 3 heterocycles. The molecule has 0 unspecified atom stereocenters. The van der Waals surface area contributed by atoms with E-state index in [1.807, 2.05) is 29.7 Å². The lowest BCUT2D eigenvalue weighted by atomic mass is 10.0. The molecule has 0 fully saturated rings. The molecule has 1 aromatic carbocycles. The molecule has 0 saturated carbocycles. The van der Waals surface area contributed by atoms with Gasteiger partial charge in [-0.25, -0.2) is 0 Å². The topological polar surface area (TPSA) is 68.1 Å². The zero-order valence-electron chi connectivity index (χ0n) is 16.4. The lowest BCUT2D eigenvalue weighted by molar-refractivity contribution is -0.116. The molecule has 1 aliphatic heterocycles. The number of carbonyl (C=O) groups excluding carboxylic acids is 2. The van der Waals surface area contributed by atoms with Gasteiger partial charge in [0.05, 0.1) is 5.25 Å². The van der Waals surface area contributed by atoms with Crippen molar-refractivity contribution in [3.63, 3.8) is 0 Å². The summed E-state index contributed by atoms with van der Waals surface area (Å²) in [6, 6.07) is 9.81. The summed E-state index contributed by atoms with van der Waals surface area (Å²) in [4.78, 5) is 27.8. The highest BCUT2D eigenvalue weighted by Crippen LogP contribution is 2.31. The van der Waals surface area contributed by atoms with E-state index in [4.69, 9.17) is 0 Å². The highest BCUT2D eigenvalue weighted by atomic mass is 32.2. The molecule has 1 aliphatic rings. The number of fused-ring (bicyclic) bond motifs is 1. The average molecular weight is 427 g/mol. The molecule has 8 heteroatoms. The fraction of sp³-hybridized carbons (Fsp3) is 0.333. The number of nitrogens with zero attached hydrogens (tertiary/aromatic N) is 4. The molecule has 0 radical (unpaired) electrons. The predicted molar refractivity (Wildman–Crippen MR) is 116 cm³/mol. The zero-order valence-corrected chi connectivity index (χ0v) is 18.0. The minimum absolute atomic E-state index is 0.0358. The van der Waals surface area contributed by atoms with Crippen LogP contribution in [0.4, 0.5) is 5.69 Å². The lowest BCUT2D eigenvalue weighted by Crippen LogP contribution is -2.25. The summed E-state index contributed by atoms with van der Waals surface area (Å²) in [6.45, 7) is 4.94. The zero-order chi connectivity index (χ0) is 20.4. The van der Waals surface area contributed by atoms with Crippen LogP contribution in [0.5, 0.6) is 0 Å². The number of thiophene rings is 1. The average Bonchev–Trinajstić information content (AvgIpc) is 3.45. The molecule has 0 N–H and O–H groups in total. The minimum atomic E-state index is -0.275. The van der Waals surface area contributed by atoms with Crippen molar-refractivity contribution in [2.24, 2.45) is 0 Å². The standard InChI is InChI=1S/C21H22N4O2S2/c1-14(29-21-23-22-13-24(21)9-8-18-4-3-11-28-18)20(27)17-5-6-19-16(12-17)7-10-25(19)15(2)26/h3-6,11-14H,7-10H2,1-2H3/t14-/m0/s1. The monoisotopic (exact) mass is 426 g/mol. The van der Waals surface area contributed by atoms with E-state index in [0.717, 1.165) is 35.8 Å². The Kier molecular flexibility index (Phi) is 5.82. The van der Waals surface area contributed by atoms with Gasteiger partial charge >= 0.3 is 0 Å². The summed E-state index contributed by atoms with van der Waals surface area (Å²) in [5.41, 5.74) is 2.66. The Balaban J connectivity index is 1.43. The van der Waals surface area contributed by atoms with Crippen molar-refractivity contribution in [2.45, 2.75) is 43.6 Å². The molecular weight excluding hydrogens is 404 g/mol. The number of rotatable bonds is 7. The van der Waals surface area contributed by atoms with Crippen molar-refractivity contribution in [1.82, 2.24) is 14.8 Å². The number of aromatic nitrogens is 3. The number of hydrogen-bond acceptors (Lipinski definition) is 6. The SMILES string of the molecule is CC(=O)N1CCc2cc(C(=O)[C@H](C)Sc3nncn3CCc3cccs3)ccc21. The van der Waals surface area contributed by atoms with Crippen LogP contribution in [0.2, 0.25) is 0 Å². The molecule has 29 heavy (non-hydrogen) atoms. The van der Waals surface area contributed by atoms with Gasteiger partial charge in [0.15, 0.2) is 10.9 Å². The summed E-state index contributed by atoms with van der Waals surface area (Å²) in [7, 11) is 0. The first-order valence-electron chi connectivity index (χ1n) is 9.55. The molecule has 0 spiro atoms. The van der Waals surface area contributed by atoms with Crippen molar-refractivity contribution < 1.29 is 9.59 Å². The number of thioether (sulfide) groups is 1. The van der Waals surface area contributed by atoms with Crippen LogP contribution in [0.3, 0.4) is 0 Å². The molecule has 4 rings (SSSR count). The summed E-state index contributed by atoms with van der Waals surface area (Å²) < 4.78 is 2.00. The molecule has 0 saturated heterocycles. The maximum atomic E-state index is 13.0. The second kappa shape index (κ2) is 8.51. The number of anilines is 1. The van der Waals surface area contributed by atoms with Crippen LogP contribution in [-0.4, -0.2) is 38.2 Å². The Labute approximate surface area is 177 Å². The van der Waals surface area contributed by atoms with Crippen LogP contribution in [0.15, 0.2) is 47.2 Å². The molecule has 1 atom stereocenters. The smallest absolute Gasteiger partial charge is 0.223 e. The Morgan fingerprint density at radius 3 is 2.93 bits per heavy atom. The van der Waals surface area contributed by atoms with Crippen molar-refractivity contribution in [1.29, 1.82) is 0 Å². The number of hydrogen-bond donors (Lipinski definition) is 0. The Hall–Kier alpha value is -2.45. The number of aryl methyl sites for hydroxylation is 2. The highest BCUT2D eigenvalue weighted by Gasteiger charge is 2.25. The third kappa shape index (κ3) is 4.28. The van der Waals surface area contributed by atoms with Crippen LogP contribution < -0.4 is 4.90 Å². The van der Waals surface area contributed by atoms with Crippen molar-refractivity contribution in [2.75, 3.05) is 11.4 Å². The molecule has 0 aliphatic carbocycles. The van der Waals surface area contributed by atoms with Gasteiger partial charge in [0.2, 0.25) is 5.91 Å². The molecule has 2 aromatic heterocycles. The van der Waals surface area contributed by atoms with Gasteiger partial charge in [0.25, 0.3) is 0 Å². The molecular formula is C21H22N4O2S2. The number of ketones is 1. The lowest BCUT2D eigenvalue weighted by Gasteiger charge is -2.15. The number of Topliss-reactive ketones (excluding diaryl/α,β-unsaturated/α-hetero) is 1. The van der Waals surface area contributed by atoms with E-state index >= 15 is 0 Å². The Bertz CT molecular complexity index is 1030.